The fourth-order valence-electron chi connectivity index (χ4n) is 3.41. The van der Waals surface area contributed by atoms with Gasteiger partial charge in [-0.25, -0.2) is 14.8 Å². The maximum Gasteiger partial charge on any atom is 0.490 e. The van der Waals surface area contributed by atoms with E-state index >= 15 is 0 Å². The number of rotatable bonds is 5. The number of carbonyl (C=O) groups is 1. The second-order valence-electron chi connectivity index (χ2n) is 7.76. The number of H-pyrrole nitrogens is 1. The zero-order valence-corrected chi connectivity index (χ0v) is 20.4. The lowest BCUT2D eigenvalue weighted by Crippen LogP contribution is -2.21. The molecule has 6 heterocycles. The first kappa shape index (κ1) is 25.8. The number of hydrogen-bond donors (Lipinski definition) is 2. The Kier molecular flexibility index (Phi) is 6.70. The number of carboxylic acid groups (broad SMARTS) is 1. The monoisotopic (exact) mass is 561 g/mol. The molecular formula is C24H15ClF3N5O6. The molecular weight excluding hydrogens is 547 g/mol. The van der Waals surface area contributed by atoms with Gasteiger partial charge in [-0.05, 0) is 6.42 Å². The Balaban J connectivity index is 0.000000392. The van der Waals surface area contributed by atoms with Gasteiger partial charge in [-0.3, -0.25) is 0 Å². The molecule has 200 valence electrons. The largest absolute Gasteiger partial charge is 0.490 e. The van der Waals surface area contributed by atoms with Crippen molar-refractivity contribution in [2.75, 3.05) is 0 Å². The van der Waals surface area contributed by atoms with Gasteiger partial charge < -0.3 is 28.4 Å². The normalized spacial score (nSPS) is 11.5. The first-order chi connectivity index (χ1) is 18.6. The van der Waals surface area contributed by atoms with Crippen LogP contribution in [0, 0.1) is 0 Å². The summed E-state index contributed by atoms with van der Waals surface area (Å²) < 4.78 is 54.4. The molecule has 0 radical (unpaired) electrons. The van der Waals surface area contributed by atoms with Crippen LogP contribution in [0.25, 0.3) is 33.2 Å². The summed E-state index contributed by atoms with van der Waals surface area (Å²) in [5.74, 6) is -1.67. The number of furan rings is 2. The molecule has 0 atom stereocenters. The lowest BCUT2D eigenvalue weighted by Gasteiger charge is -2.09. The zero-order chi connectivity index (χ0) is 27.7. The van der Waals surface area contributed by atoms with Crippen molar-refractivity contribution in [1.29, 1.82) is 0 Å². The van der Waals surface area contributed by atoms with Gasteiger partial charge in [0.05, 0.1) is 29.9 Å². The molecule has 0 unspecified atom stereocenters. The minimum absolute atomic E-state index is 0.0628. The molecule has 6 rings (SSSR count). The lowest BCUT2D eigenvalue weighted by molar-refractivity contribution is -0.192. The Morgan fingerprint density at radius 2 is 1.59 bits per heavy atom. The minimum atomic E-state index is -5.08. The average molecular weight is 562 g/mol. The van der Waals surface area contributed by atoms with Crippen LogP contribution in [0.2, 0.25) is 5.02 Å². The predicted molar refractivity (Wildman–Crippen MR) is 130 cm³/mol. The van der Waals surface area contributed by atoms with Crippen LogP contribution in [0.3, 0.4) is 0 Å². The number of alkyl halides is 3. The molecule has 0 aromatic carbocycles. The maximum absolute atomic E-state index is 10.6. The third-order valence-electron chi connectivity index (χ3n) is 5.18. The van der Waals surface area contributed by atoms with Gasteiger partial charge in [0.25, 0.3) is 0 Å². The molecule has 0 aliphatic rings. The third-order valence-corrected chi connectivity index (χ3v) is 5.60. The molecule has 39 heavy (non-hydrogen) atoms. The van der Waals surface area contributed by atoms with Gasteiger partial charge in [-0.1, -0.05) is 18.5 Å². The van der Waals surface area contributed by atoms with Crippen LogP contribution in [-0.4, -0.2) is 42.2 Å². The van der Waals surface area contributed by atoms with E-state index in [9.17, 15) is 13.2 Å². The van der Waals surface area contributed by atoms with E-state index in [1.54, 1.807) is 49.2 Å². The van der Waals surface area contributed by atoms with Crippen molar-refractivity contribution in [2.24, 2.45) is 0 Å². The Bertz CT molecular complexity index is 1810. The highest BCUT2D eigenvalue weighted by Gasteiger charge is 2.38. The molecule has 0 aliphatic carbocycles. The smallest absolute Gasteiger partial charge is 0.475 e. The number of aromatic nitrogens is 5. The number of aliphatic carboxylic acids is 1. The number of nitrogens with zero attached hydrogens (tertiary/aromatic N) is 4. The standard InChI is InChI=1S/C22H14ClN5O4.C2HF3O2/c1-2-13-19(23)18-20(26-13)27-22(32-12-8-17-15(25-10-12)4-6-30-17)28-21(18)31-11-7-16-14(24-9-11)3-5-29-16;3-2(4,5)1(6)7/h3-10H,2H2,1H3,(H,26,27,28);(H,6,7). The fourth-order valence-corrected chi connectivity index (χ4v) is 3.76. The number of carboxylic acids is 1. The molecule has 15 heteroatoms. The zero-order valence-electron chi connectivity index (χ0n) is 19.6. The van der Waals surface area contributed by atoms with Crippen LogP contribution < -0.4 is 9.47 Å². The number of nitrogens with one attached hydrogen (secondary N) is 1. The van der Waals surface area contributed by atoms with Crippen molar-refractivity contribution < 1.29 is 41.4 Å². The van der Waals surface area contributed by atoms with E-state index < -0.39 is 12.1 Å². The maximum atomic E-state index is 10.6. The molecule has 6 aromatic rings. The second-order valence-corrected chi connectivity index (χ2v) is 8.14. The second kappa shape index (κ2) is 10.1. The van der Waals surface area contributed by atoms with Gasteiger partial charge in [0.15, 0.2) is 22.7 Å². The number of halogens is 4. The molecule has 0 bridgehead atoms. The van der Waals surface area contributed by atoms with E-state index in [2.05, 4.69) is 24.9 Å². The van der Waals surface area contributed by atoms with Crippen molar-refractivity contribution in [1.82, 2.24) is 24.9 Å². The molecule has 0 aliphatic heterocycles. The van der Waals surface area contributed by atoms with E-state index in [-0.39, 0.29) is 11.9 Å². The van der Waals surface area contributed by atoms with Crippen LogP contribution in [0.1, 0.15) is 12.6 Å². The number of aromatic amines is 1. The quantitative estimate of drug-likeness (QED) is 0.233. The number of hydrogen-bond acceptors (Lipinski definition) is 9. The number of ether oxygens (including phenoxy) is 2. The van der Waals surface area contributed by atoms with Crippen LogP contribution in [-0.2, 0) is 11.2 Å². The predicted octanol–water partition coefficient (Wildman–Crippen LogP) is 6.67. The van der Waals surface area contributed by atoms with Gasteiger partial charge in [-0.15, -0.1) is 0 Å². The molecule has 0 amide bonds. The summed E-state index contributed by atoms with van der Waals surface area (Å²) in [6.07, 6.45) is 1.88. The van der Waals surface area contributed by atoms with Gasteiger partial charge >= 0.3 is 18.2 Å². The van der Waals surface area contributed by atoms with Crippen molar-refractivity contribution in [3.05, 3.63) is 59.9 Å². The molecule has 0 fully saturated rings. The fraction of sp³-hybridized carbons (Fsp3) is 0.125. The number of pyridine rings is 2. The van der Waals surface area contributed by atoms with E-state index in [0.29, 0.717) is 45.1 Å². The van der Waals surface area contributed by atoms with E-state index in [1.165, 1.54) is 0 Å². The van der Waals surface area contributed by atoms with Crippen molar-refractivity contribution >= 4 is 50.8 Å². The van der Waals surface area contributed by atoms with Crippen molar-refractivity contribution in [2.45, 2.75) is 19.5 Å². The van der Waals surface area contributed by atoms with Crippen LogP contribution in [0.15, 0.2) is 58.0 Å². The molecule has 2 N–H and O–H groups in total. The number of fused-ring (bicyclic) bond motifs is 3. The summed E-state index contributed by atoms with van der Waals surface area (Å²) in [5.41, 5.74) is 3.94. The summed E-state index contributed by atoms with van der Waals surface area (Å²) in [4.78, 5) is 29.6. The van der Waals surface area contributed by atoms with Crippen LogP contribution in [0.5, 0.6) is 23.4 Å². The molecule has 0 saturated carbocycles. The minimum Gasteiger partial charge on any atom is -0.475 e. The molecule has 0 saturated heterocycles. The van der Waals surface area contributed by atoms with Crippen LogP contribution >= 0.6 is 11.6 Å². The topological polar surface area (TPSA) is 149 Å². The SMILES string of the molecule is CCc1[nH]c2nc(Oc3cnc4ccoc4c3)nc(Oc3cnc4ccoc4c3)c2c1Cl.O=C(O)C(F)(F)F. The Morgan fingerprint density at radius 3 is 2.13 bits per heavy atom. The van der Waals surface area contributed by atoms with E-state index in [0.717, 1.165) is 16.7 Å². The third kappa shape index (κ3) is 5.40. The van der Waals surface area contributed by atoms with Crippen molar-refractivity contribution in [3.63, 3.8) is 0 Å². The van der Waals surface area contributed by atoms with E-state index in [4.69, 9.17) is 39.8 Å². The van der Waals surface area contributed by atoms with Gasteiger partial charge in [0, 0.05) is 30.0 Å². The van der Waals surface area contributed by atoms with Gasteiger partial charge in [0.2, 0.25) is 5.88 Å². The first-order valence-corrected chi connectivity index (χ1v) is 11.4. The highest BCUT2D eigenvalue weighted by atomic mass is 35.5. The first-order valence-electron chi connectivity index (χ1n) is 11.0. The summed E-state index contributed by atoms with van der Waals surface area (Å²) in [6.45, 7) is 1.99. The summed E-state index contributed by atoms with van der Waals surface area (Å²) in [5, 5.41) is 8.17. The van der Waals surface area contributed by atoms with Crippen LogP contribution in [0.4, 0.5) is 13.2 Å². The van der Waals surface area contributed by atoms with Gasteiger partial charge in [-0.2, -0.15) is 23.1 Å². The highest BCUT2D eigenvalue weighted by molar-refractivity contribution is 6.36. The average Bonchev–Trinajstić information content (AvgIpc) is 3.62. The van der Waals surface area contributed by atoms with E-state index in [1.807, 2.05) is 6.92 Å². The Hall–Kier alpha value is -4.85. The summed E-state index contributed by atoms with van der Waals surface area (Å²) in [6, 6.07) is 7.05. The summed E-state index contributed by atoms with van der Waals surface area (Å²) in [7, 11) is 0. The Labute approximate surface area is 220 Å². The Morgan fingerprint density at radius 1 is 1.03 bits per heavy atom. The molecule has 6 aromatic heterocycles. The van der Waals surface area contributed by atoms with Crippen molar-refractivity contribution in [3.8, 4) is 23.4 Å². The number of aryl methyl sites for hydroxylation is 1. The molecule has 0 spiro atoms. The highest BCUT2D eigenvalue weighted by Crippen LogP contribution is 2.37. The summed E-state index contributed by atoms with van der Waals surface area (Å²) >= 11 is 6.58. The molecule has 11 nitrogen and oxygen atoms in total. The lowest BCUT2D eigenvalue weighted by atomic mass is 10.3. The van der Waals surface area contributed by atoms with Gasteiger partial charge in [0.1, 0.15) is 22.1 Å².